The number of nitrogens with zero attached hydrogens (tertiary/aromatic N) is 3. The summed E-state index contributed by atoms with van der Waals surface area (Å²) in [6.45, 7) is 0. The Kier molecular flexibility index (Phi) is 3.48. The number of anilines is 2. The highest BCUT2D eigenvalue weighted by Crippen LogP contribution is 2.38. The second-order valence-electron chi connectivity index (χ2n) is 5.09. The van der Waals surface area contributed by atoms with Gasteiger partial charge in [0, 0.05) is 0 Å². The van der Waals surface area contributed by atoms with Crippen LogP contribution in [0.4, 0.5) is 15.8 Å². The third-order valence-electron chi connectivity index (χ3n) is 3.80. The van der Waals surface area contributed by atoms with Gasteiger partial charge in [0.1, 0.15) is 11.5 Å². The van der Waals surface area contributed by atoms with Gasteiger partial charge in [0.15, 0.2) is 0 Å². The van der Waals surface area contributed by atoms with Crippen molar-refractivity contribution < 1.29 is 15.0 Å². The molecule has 0 saturated heterocycles. The number of benzene rings is 2. The minimum atomic E-state index is -0.356. The van der Waals surface area contributed by atoms with Crippen molar-refractivity contribution in [1.29, 1.82) is 0 Å². The zero-order valence-electron chi connectivity index (χ0n) is 11.7. The quantitative estimate of drug-likeness (QED) is 0.879. The molecule has 0 fully saturated rings. The van der Waals surface area contributed by atoms with Gasteiger partial charge in [-0.1, -0.05) is 24.3 Å². The Morgan fingerprint density at radius 2 is 1.82 bits per heavy atom. The molecule has 22 heavy (non-hydrogen) atoms. The molecule has 2 aromatic carbocycles. The molecule has 6 heteroatoms. The second kappa shape index (κ2) is 5.32. The number of fused-ring (bicyclic) bond motifs is 3. The van der Waals surface area contributed by atoms with Crippen molar-refractivity contribution >= 4 is 11.4 Å². The van der Waals surface area contributed by atoms with Crippen LogP contribution in [0.2, 0.25) is 0 Å². The van der Waals surface area contributed by atoms with E-state index >= 15 is 0 Å². The molecule has 1 radical (unpaired) electrons. The van der Waals surface area contributed by atoms with E-state index in [2.05, 4.69) is 11.6 Å². The van der Waals surface area contributed by atoms with E-state index in [1.165, 1.54) is 22.7 Å². The maximum absolute atomic E-state index is 13.4. The van der Waals surface area contributed by atoms with Crippen molar-refractivity contribution in [2.24, 2.45) is 0 Å². The Bertz CT molecular complexity index is 748. The normalized spacial score (nSPS) is 16.2. The van der Waals surface area contributed by atoms with Crippen molar-refractivity contribution in [2.45, 2.75) is 12.8 Å². The topological polar surface area (TPSA) is 72.3 Å². The van der Waals surface area contributed by atoms with Crippen LogP contribution < -0.4 is 15.6 Å². The maximum Gasteiger partial charge on any atom is 0.231 e. The lowest BCUT2D eigenvalue weighted by atomic mass is 10.0. The standard InChI is InChI=1S/C16H13FN3O.H2O/c17-12-5-3-6-13(10-12)19-16(21)15-9-8-11-4-1-2-7-14(11)20(15)18-19;/h1-7,10,21H,8-9H2;1H2. The molecule has 0 spiro atoms. The van der Waals surface area contributed by atoms with Crippen molar-refractivity contribution in [3.63, 3.8) is 0 Å². The summed E-state index contributed by atoms with van der Waals surface area (Å²) in [6.07, 6.45) is 1.57. The van der Waals surface area contributed by atoms with Crippen molar-refractivity contribution in [1.82, 2.24) is 5.53 Å². The molecule has 0 atom stereocenters. The average Bonchev–Trinajstić information content (AvgIpc) is 2.85. The van der Waals surface area contributed by atoms with Gasteiger partial charge in [-0.15, -0.1) is 0 Å². The number of para-hydroxylation sites is 1. The van der Waals surface area contributed by atoms with Crippen LogP contribution in [0.5, 0.6) is 0 Å². The van der Waals surface area contributed by atoms with Crippen LogP contribution in [0.1, 0.15) is 12.0 Å². The fourth-order valence-corrected chi connectivity index (χ4v) is 2.78. The molecule has 4 rings (SSSR count). The molecule has 0 aromatic heterocycles. The van der Waals surface area contributed by atoms with Crippen LogP contribution >= 0.6 is 0 Å². The zero-order valence-corrected chi connectivity index (χ0v) is 11.7. The Balaban J connectivity index is 0.00000144. The number of halogens is 1. The van der Waals surface area contributed by atoms with E-state index in [9.17, 15) is 9.50 Å². The number of aryl methyl sites for hydroxylation is 1. The third-order valence-corrected chi connectivity index (χ3v) is 3.80. The number of allylic oxidation sites excluding steroid dienone is 1. The fourth-order valence-electron chi connectivity index (χ4n) is 2.78. The van der Waals surface area contributed by atoms with Gasteiger partial charge in [0.25, 0.3) is 0 Å². The van der Waals surface area contributed by atoms with E-state index in [-0.39, 0.29) is 17.2 Å². The molecule has 113 valence electrons. The first-order valence-corrected chi connectivity index (χ1v) is 6.81. The van der Waals surface area contributed by atoms with E-state index in [0.29, 0.717) is 12.1 Å². The van der Waals surface area contributed by atoms with E-state index in [0.717, 1.165) is 17.8 Å². The van der Waals surface area contributed by atoms with Gasteiger partial charge in [-0.2, -0.15) is 0 Å². The summed E-state index contributed by atoms with van der Waals surface area (Å²) in [5.41, 5.74) is 7.83. The van der Waals surface area contributed by atoms with Crippen LogP contribution in [0.3, 0.4) is 0 Å². The number of rotatable bonds is 1. The summed E-state index contributed by atoms with van der Waals surface area (Å²) in [6, 6.07) is 14.0. The second-order valence-corrected chi connectivity index (χ2v) is 5.09. The lowest BCUT2D eigenvalue weighted by Crippen LogP contribution is -2.36. The summed E-state index contributed by atoms with van der Waals surface area (Å²) < 4.78 is 13.4. The number of hydrogen-bond donors (Lipinski definition) is 1. The predicted molar refractivity (Wildman–Crippen MR) is 81.5 cm³/mol. The van der Waals surface area contributed by atoms with Crippen molar-refractivity contribution in [3.8, 4) is 0 Å². The molecule has 2 aromatic rings. The number of hydrogen-bond acceptors (Lipinski definition) is 3. The van der Waals surface area contributed by atoms with Crippen molar-refractivity contribution in [3.05, 3.63) is 71.5 Å². The van der Waals surface area contributed by atoms with Crippen molar-refractivity contribution in [2.75, 3.05) is 10.0 Å². The Morgan fingerprint density at radius 3 is 2.64 bits per heavy atom. The van der Waals surface area contributed by atoms with Crippen LogP contribution in [-0.4, -0.2) is 10.6 Å². The van der Waals surface area contributed by atoms with Gasteiger partial charge < -0.3 is 10.6 Å². The predicted octanol–water partition coefficient (Wildman–Crippen LogP) is 2.44. The molecule has 2 aliphatic heterocycles. The number of aliphatic hydroxyl groups excluding tert-OH is 1. The molecule has 5 nitrogen and oxygen atoms in total. The van der Waals surface area contributed by atoms with E-state index in [1.54, 1.807) is 17.1 Å². The highest BCUT2D eigenvalue weighted by molar-refractivity contribution is 5.65. The van der Waals surface area contributed by atoms with E-state index in [4.69, 9.17) is 0 Å². The summed E-state index contributed by atoms with van der Waals surface area (Å²) in [4.78, 5) is 0. The molecule has 2 heterocycles. The molecule has 3 N–H and O–H groups in total. The zero-order chi connectivity index (χ0) is 14.4. The summed E-state index contributed by atoms with van der Waals surface area (Å²) >= 11 is 0. The Hall–Kier alpha value is -2.57. The lowest BCUT2D eigenvalue weighted by Gasteiger charge is -2.27. The van der Waals surface area contributed by atoms with E-state index < -0.39 is 0 Å². The Labute approximate surface area is 127 Å². The summed E-state index contributed by atoms with van der Waals surface area (Å²) in [5.74, 6) is -0.291. The molecule has 0 amide bonds. The van der Waals surface area contributed by atoms with Gasteiger partial charge in [-0.3, -0.25) is 0 Å². The van der Waals surface area contributed by atoms with E-state index in [1.807, 2.05) is 18.2 Å². The average molecular weight is 300 g/mol. The highest BCUT2D eigenvalue weighted by Gasteiger charge is 2.36. The maximum atomic E-state index is 13.4. The van der Waals surface area contributed by atoms with Gasteiger partial charge in [-0.25, -0.2) is 14.4 Å². The monoisotopic (exact) mass is 300 g/mol. The van der Waals surface area contributed by atoms with Gasteiger partial charge in [0.2, 0.25) is 5.88 Å². The molecule has 2 aliphatic rings. The minimum absolute atomic E-state index is 0. The molecule has 0 bridgehead atoms. The van der Waals surface area contributed by atoms with Crippen LogP contribution in [-0.2, 0) is 6.42 Å². The van der Waals surface area contributed by atoms with Gasteiger partial charge in [0.05, 0.1) is 11.4 Å². The number of aliphatic hydroxyl groups is 1. The molecular formula is C16H15FN3O2. The Morgan fingerprint density at radius 1 is 1.00 bits per heavy atom. The van der Waals surface area contributed by atoms with Crippen LogP contribution in [0, 0.1) is 5.82 Å². The van der Waals surface area contributed by atoms with Gasteiger partial charge in [-0.05, 0) is 48.2 Å². The smallest absolute Gasteiger partial charge is 0.231 e. The first-order valence-electron chi connectivity index (χ1n) is 6.81. The van der Waals surface area contributed by atoms with Gasteiger partial charge >= 0.3 is 0 Å². The first kappa shape index (κ1) is 14.4. The first-order chi connectivity index (χ1) is 10.2. The SMILES string of the molecule is O.OC1=C2CCc3ccccc3N2[N]N1c1cccc(F)c1. The van der Waals surface area contributed by atoms with Crippen LogP contribution in [0.15, 0.2) is 60.1 Å². The highest BCUT2D eigenvalue weighted by atomic mass is 19.1. The molecule has 0 aliphatic carbocycles. The van der Waals surface area contributed by atoms with Crippen LogP contribution in [0.25, 0.3) is 0 Å². The summed E-state index contributed by atoms with van der Waals surface area (Å²) in [7, 11) is 0. The molecule has 0 saturated carbocycles. The fraction of sp³-hybridized carbons (Fsp3) is 0.125. The lowest BCUT2D eigenvalue weighted by molar-refractivity contribution is 0.385. The molecular weight excluding hydrogens is 285 g/mol. The molecule has 0 unspecified atom stereocenters. The third kappa shape index (κ3) is 2.09. The minimum Gasteiger partial charge on any atom is -0.492 e. The largest absolute Gasteiger partial charge is 0.492 e. The summed E-state index contributed by atoms with van der Waals surface area (Å²) in [5, 5.41) is 13.5.